The van der Waals surface area contributed by atoms with Crippen LogP contribution >= 0.6 is 11.3 Å². The van der Waals surface area contributed by atoms with Crippen LogP contribution in [0.4, 0.5) is 5.69 Å². The summed E-state index contributed by atoms with van der Waals surface area (Å²) in [6.45, 7) is 2.79. The summed E-state index contributed by atoms with van der Waals surface area (Å²) in [5.74, 6) is 1.12. The van der Waals surface area contributed by atoms with E-state index in [1.54, 1.807) is 11.3 Å². The molecule has 5 rings (SSSR count). The third-order valence-corrected chi connectivity index (χ3v) is 6.49. The Balaban J connectivity index is 1.48. The second kappa shape index (κ2) is 6.38. The molecule has 0 radical (unpaired) electrons. The van der Waals surface area contributed by atoms with Gasteiger partial charge in [0.25, 0.3) is 5.91 Å². The van der Waals surface area contributed by atoms with Crippen LogP contribution in [0.25, 0.3) is 10.4 Å². The zero-order chi connectivity index (χ0) is 17.5. The number of hydrogen-bond acceptors (Lipinski definition) is 3. The largest absolute Gasteiger partial charge is 0.316 e. The summed E-state index contributed by atoms with van der Waals surface area (Å²) in [6.07, 6.45) is 0. The van der Waals surface area contributed by atoms with E-state index in [0.29, 0.717) is 11.8 Å². The predicted molar refractivity (Wildman–Crippen MR) is 107 cm³/mol. The number of thiophene rings is 1. The fraction of sp³-hybridized carbons (Fsp3) is 0.227. The van der Waals surface area contributed by atoms with Gasteiger partial charge in [-0.25, -0.2) is 0 Å². The maximum Gasteiger partial charge on any atom is 0.258 e. The lowest BCUT2D eigenvalue weighted by Crippen LogP contribution is -2.41. The van der Waals surface area contributed by atoms with Crippen LogP contribution in [0.15, 0.2) is 66.0 Å². The summed E-state index contributed by atoms with van der Waals surface area (Å²) in [4.78, 5) is 16.5. The van der Waals surface area contributed by atoms with Gasteiger partial charge >= 0.3 is 0 Å². The van der Waals surface area contributed by atoms with Crippen molar-refractivity contribution in [1.29, 1.82) is 0 Å². The number of para-hydroxylation sites is 1. The molecular weight excluding hydrogens is 340 g/mol. The summed E-state index contributed by atoms with van der Waals surface area (Å²) in [7, 11) is 0. The monoisotopic (exact) mass is 360 g/mol. The van der Waals surface area contributed by atoms with Gasteiger partial charge in [0.2, 0.25) is 0 Å². The van der Waals surface area contributed by atoms with Gasteiger partial charge in [0.05, 0.1) is 0 Å². The molecular formula is C22H20N2OS. The Morgan fingerprint density at radius 3 is 2.65 bits per heavy atom. The second-order valence-electron chi connectivity index (χ2n) is 7.05. The Morgan fingerprint density at radius 1 is 1.00 bits per heavy atom. The zero-order valence-electron chi connectivity index (χ0n) is 14.4. The third-order valence-electron chi connectivity index (χ3n) is 5.57. The average Bonchev–Trinajstić information content (AvgIpc) is 3.39. The highest BCUT2D eigenvalue weighted by molar-refractivity contribution is 7.13. The molecule has 3 aromatic rings. The van der Waals surface area contributed by atoms with E-state index in [2.05, 4.69) is 53.2 Å². The summed E-state index contributed by atoms with van der Waals surface area (Å²) < 4.78 is 0. The smallest absolute Gasteiger partial charge is 0.258 e. The number of fused-ring (bicyclic) bond motifs is 3. The maximum atomic E-state index is 13.3. The van der Waals surface area contributed by atoms with Crippen LogP contribution in [0.3, 0.4) is 0 Å². The van der Waals surface area contributed by atoms with E-state index in [-0.39, 0.29) is 5.91 Å². The van der Waals surface area contributed by atoms with Crippen molar-refractivity contribution in [1.82, 2.24) is 5.32 Å². The maximum absolute atomic E-state index is 13.3. The average molecular weight is 360 g/mol. The summed E-state index contributed by atoms with van der Waals surface area (Å²) in [6, 6.07) is 20.5. The molecule has 2 unspecified atom stereocenters. The molecule has 2 aliphatic rings. The van der Waals surface area contributed by atoms with Gasteiger partial charge in [-0.1, -0.05) is 36.4 Å². The minimum absolute atomic E-state index is 0.0977. The molecule has 3 heterocycles. The van der Waals surface area contributed by atoms with Crippen LogP contribution < -0.4 is 10.2 Å². The van der Waals surface area contributed by atoms with Crippen molar-refractivity contribution >= 4 is 22.9 Å². The van der Waals surface area contributed by atoms with Gasteiger partial charge in [-0.3, -0.25) is 4.79 Å². The molecule has 0 spiro atoms. The van der Waals surface area contributed by atoms with Gasteiger partial charge in [-0.2, -0.15) is 0 Å². The number of rotatable bonds is 2. The lowest BCUT2D eigenvalue weighted by Gasteiger charge is -2.36. The van der Waals surface area contributed by atoms with Crippen LogP contribution in [0.1, 0.15) is 21.8 Å². The van der Waals surface area contributed by atoms with Crippen molar-refractivity contribution in [3.8, 4) is 10.4 Å². The van der Waals surface area contributed by atoms with Crippen LogP contribution in [0.2, 0.25) is 0 Å². The fourth-order valence-corrected chi connectivity index (χ4v) is 4.97. The molecule has 2 aliphatic heterocycles. The van der Waals surface area contributed by atoms with Crippen LogP contribution in [-0.2, 0) is 0 Å². The Bertz CT molecular complexity index is 933. The molecule has 130 valence electrons. The highest BCUT2D eigenvalue weighted by atomic mass is 32.1. The molecule has 1 fully saturated rings. The van der Waals surface area contributed by atoms with E-state index >= 15 is 0 Å². The lowest BCUT2D eigenvalue weighted by atomic mass is 9.83. The van der Waals surface area contributed by atoms with Crippen LogP contribution in [-0.4, -0.2) is 25.5 Å². The zero-order valence-corrected chi connectivity index (χ0v) is 15.2. The molecule has 2 atom stereocenters. The number of nitrogens with zero attached hydrogens (tertiary/aromatic N) is 1. The minimum Gasteiger partial charge on any atom is -0.316 e. The summed E-state index contributed by atoms with van der Waals surface area (Å²) >= 11 is 1.72. The lowest BCUT2D eigenvalue weighted by molar-refractivity contribution is 0.0980. The first-order valence-corrected chi connectivity index (χ1v) is 9.94. The van der Waals surface area contributed by atoms with Gasteiger partial charge < -0.3 is 10.2 Å². The van der Waals surface area contributed by atoms with Crippen molar-refractivity contribution < 1.29 is 4.79 Å². The normalized spacial score (nSPS) is 21.3. The molecule has 4 heteroatoms. The molecule has 1 aromatic heterocycles. The quantitative estimate of drug-likeness (QED) is 0.736. The van der Waals surface area contributed by atoms with Crippen molar-refractivity contribution in [2.24, 2.45) is 5.92 Å². The number of anilines is 1. The number of benzene rings is 2. The summed E-state index contributed by atoms with van der Waals surface area (Å²) in [5, 5.41) is 5.57. The molecule has 1 N–H and O–H groups in total. The van der Waals surface area contributed by atoms with Crippen molar-refractivity contribution in [2.45, 2.75) is 5.92 Å². The number of hydrogen-bond donors (Lipinski definition) is 1. The molecule has 3 nitrogen and oxygen atoms in total. The van der Waals surface area contributed by atoms with E-state index in [1.165, 1.54) is 10.4 Å². The van der Waals surface area contributed by atoms with E-state index < -0.39 is 0 Å². The third kappa shape index (κ3) is 2.57. The van der Waals surface area contributed by atoms with E-state index in [9.17, 15) is 4.79 Å². The van der Waals surface area contributed by atoms with Crippen molar-refractivity contribution in [3.05, 3.63) is 77.2 Å². The molecule has 1 amide bonds. The Morgan fingerprint density at radius 2 is 1.85 bits per heavy atom. The van der Waals surface area contributed by atoms with Crippen LogP contribution in [0.5, 0.6) is 0 Å². The van der Waals surface area contributed by atoms with E-state index in [1.807, 2.05) is 23.1 Å². The molecule has 0 aliphatic carbocycles. The second-order valence-corrected chi connectivity index (χ2v) is 8.00. The minimum atomic E-state index is 0.0977. The fourth-order valence-electron chi connectivity index (χ4n) is 4.24. The molecule has 2 aromatic carbocycles. The molecule has 26 heavy (non-hydrogen) atoms. The van der Waals surface area contributed by atoms with Gasteiger partial charge in [-0.05, 0) is 46.7 Å². The molecule has 0 bridgehead atoms. The van der Waals surface area contributed by atoms with Crippen LogP contribution in [0, 0.1) is 5.92 Å². The topological polar surface area (TPSA) is 32.3 Å². The standard InChI is InChI=1S/C22H20N2OS/c25-22(16-9-7-15(8-10-16)21-6-3-11-26-21)24-14-17-12-23-13-19(17)18-4-1-2-5-20(18)24/h1-11,17,19,23H,12-14H2. The molecule has 1 saturated heterocycles. The van der Waals surface area contributed by atoms with E-state index in [4.69, 9.17) is 0 Å². The van der Waals surface area contributed by atoms with Crippen molar-refractivity contribution in [3.63, 3.8) is 0 Å². The first-order chi connectivity index (χ1) is 12.8. The first kappa shape index (κ1) is 15.8. The number of carbonyl (C=O) groups excluding carboxylic acids is 1. The summed E-state index contributed by atoms with van der Waals surface area (Å²) in [5.41, 5.74) is 4.29. The Hall–Kier alpha value is -2.43. The molecule has 0 saturated carbocycles. The van der Waals surface area contributed by atoms with Gasteiger partial charge in [0.1, 0.15) is 0 Å². The number of nitrogens with one attached hydrogen (secondary N) is 1. The first-order valence-electron chi connectivity index (χ1n) is 9.07. The Kier molecular flexibility index (Phi) is 3.88. The van der Waals surface area contributed by atoms with E-state index in [0.717, 1.165) is 36.4 Å². The Labute approximate surface area is 157 Å². The number of amides is 1. The SMILES string of the molecule is O=C(c1ccc(-c2cccs2)cc1)N1CC2CNCC2c2ccccc21. The number of carbonyl (C=O) groups is 1. The highest BCUT2D eigenvalue weighted by Crippen LogP contribution is 2.40. The van der Waals surface area contributed by atoms with Gasteiger partial charge in [0.15, 0.2) is 0 Å². The van der Waals surface area contributed by atoms with Gasteiger partial charge in [0, 0.05) is 41.7 Å². The highest BCUT2D eigenvalue weighted by Gasteiger charge is 2.38. The van der Waals surface area contributed by atoms with Crippen molar-refractivity contribution in [2.75, 3.05) is 24.5 Å². The van der Waals surface area contributed by atoms with Gasteiger partial charge in [-0.15, -0.1) is 11.3 Å². The predicted octanol–water partition coefficient (Wildman–Crippen LogP) is 4.38.